The molecular weight excluding hydrogens is 262 g/mol. The molecule has 0 radical (unpaired) electrons. The highest BCUT2D eigenvalue weighted by atomic mass is 16.6. The number of hydrogen-bond acceptors (Lipinski definition) is 4. The van der Waals surface area contributed by atoms with Crippen LogP contribution in [0.3, 0.4) is 0 Å². The Morgan fingerprint density at radius 2 is 2.05 bits per heavy atom. The summed E-state index contributed by atoms with van der Waals surface area (Å²) in [6.45, 7) is 6.07. The van der Waals surface area contributed by atoms with Gasteiger partial charge in [-0.3, -0.25) is 14.9 Å². The van der Waals surface area contributed by atoms with Crippen LogP contribution < -0.4 is 5.32 Å². The zero-order valence-corrected chi connectivity index (χ0v) is 12.0. The number of nitrogens with one attached hydrogen (secondary N) is 1. The lowest BCUT2D eigenvalue weighted by atomic mass is 9.97. The summed E-state index contributed by atoms with van der Waals surface area (Å²) in [5.41, 5.74) is -0.822. The van der Waals surface area contributed by atoms with Gasteiger partial charge in [-0.15, -0.1) is 0 Å². The van der Waals surface area contributed by atoms with Crippen LogP contribution in [0.25, 0.3) is 0 Å². The van der Waals surface area contributed by atoms with E-state index in [1.807, 2.05) is 13.8 Å². The number of nitro groups is 1. The molecule has 0 unspecified atom stereocenters. The van der Waals surface area contributed by atoms with Gasteiger partial charge in [0.15, 0.2) is 0 Å². The van der Waals surface area contributed by atoms with Gasteiger partial charge in [-0.25, -0.2) is 0 Å². The zero-order chi connectivity index (χ0) is 15.3. The second kappa shape index (κ2) is 6.51. The second-order valence-corrected chi connectivity index (χ2v) is 4.74. The lowest BCUT2D eigenvalue weighted by Gasteiger charge is -2.25. The molecule has 1 heterocycles. The minimum absolute atomic E-state index is 0.113. The van der Waals surface area contributed by atoms with Crippen LogP contribution in [0.1, 0.15) is 44.1 Å². The molecular formula is C13H21N3O4. The third kappa shape index (κ3) is 3.57. The summed E-state index contributed by atoms with van der Waals surface area (Å²) in [7, 11) is 0. The average Bonchev–Trinajstić information content (AvgIpc) is 2.89. The molecule has 0 aliphatic heterocycles. The Hall–Kier alpha value is -1.89. The molecule has 0 atom stereocenters. The van der Waals surface area contributed by atoms with Gasteiger partial charge >= 0.3 is 0 Å². The maximum atomic E-state index is 12.1. The van der Waals surface area contributed by atoms with Gasteiger partial charge in [0.2, 0.25) is 0 Å². The van der Waals surface area contributed by atoms with Crippen LogP contribution in [0.5, 0.6) is 0 Å². The van der Waals surface area contributed by atoms with Crippen molar-refractivity contribution in [1.29, 1.82) is 0 Å². The SMILES string of the molecule is CCn1cc([N+](=O)[O-])cc1C(=O)NCC(O)(CC)CC. The Labute approximate surface area is 117 Å². The first-order chi connectivity index (χ1) is 9.36. The maximum Gasteiger partial charge on any atom is 0.287 e. The van der Waals surface area contributed by atoms with Crippen LogP contribution in [0.15, 0.2) is 12.3 Å². The largest absolute Gasteiger partial charge is 0.388 e. The Balaban J connectivity index is 2.84. The molecule has 0 saturated heterocycles. The number of carbonyl (C=O) groups is 1. The summed E-state index contributed by atoms with van der Waals surface area (Å²) in [4.78, 5) is 22.3. The molecule has 0 aromatic carbocycles. The Morgan fingerprint density at radius 1 is 1.45 bits per heavy atom. The Kier molecular flexibility index (Phi) is 5.26. The molecule has 20 heavy (non-hydrogen) atoms. The molecule has 1 amide bonds. The van der Waals surface area contributed by atoms with E-state index in [1.165, 1.54) is 16.8 Å². The zero-order valence-electron chi connectivity index (χ0n) is 12.0. The summed E-state index contributed by atoms with van der Waals surface area (Å²) < 4.78 is 1.52. The third-order valence-corrected chi connectivity index (χ3v) is 3.56. The molecule has 0 bridgehead atoms. The average molecular weight is 283 g/mol. The summed E-state index contributed by atoms with van der Waals surface area (Å²) in [5.74, 6) is -0.416. The van der Waals surface area contributed by atoms with E-state index in [-0.39, 0.29) is 17.9 Å². The van der Waals surface area contributed by atoms with Crippen LogP contribution in [-0.4, -0.2) is 32.6 Å². The number of rotatable bonds is 7. The van der Waals surface area contributed by atoms with Crippen molar-refractivity contribution < 1.29 is 14.8 Å². The van der Waals surface area contributed by atoms with Crippen molar-refractivity contribution in [3.63, 3.8) is 0 Å². The van der Waals surface area contributed by atoms with E-state index in [0.29, 0.717) is 19.4 Å². The van der Waals surface area contributed by atoms with Crippen molar-refractivity contribution >= 4 is 11.6 Å². The van der Waals surface area contributed by atoms with Gasteiger partial charge in [0.25, 0.3) is 11.6 Å². The quantitative estimate of drug-likeness (QED) is 0.588. The Morgan fingerprint density at radius 3 is 2.50 bits per heavy atom. The van der Waals surface area contributed by atoms with E-state index in [0.717, 1.165) is 0 Å². The van der Waals surface area contributed by atoms with Gasteiger partial charge in [0.1, 0.15) is 5.69 Å². The highest BCUT2D eigenvalue weighted by molar-refractivity contribution is 5.93. The van der Waals surface area contributed by atoms with Crippen molar-refractivity contribution in [2.24, 2.45) is 0 Å². The number of hydrogen-bond donors (Lipinski definition) is 2. The van der Waals surface area contributed by atoms with E-state index in [1.54, 1.807) is 6.92 Å². The molecule has 1 aromatic rings. The summed E-state index contributed by atoms with van der Waals surface area (Å²) >= 11 is 0. The molecule has 7 heteroatoms. The molecule has 0 saturated carbocycles. The van der Waals surface area contributed by atoms with Crippen LogP contribution in [0, 0.1) is 10.1 Å². The number of nitrogens with zero attached hydrogens (tertiary/aromatic N) is 2. The molecule has 1 rings (SSSR count). The van der Waals surface area contributed by atoms with Crippen molar-refractivity contribution in [2.45, 2.75) is 45.8 Å². The molecule has 112 valence electrons. The van der Waals surface area contributed by atoms with Gasteiger partial charge in [0, 0.05) is 19.2 Å². The number of aryl methyl sites for hydroxylation is 1. The van der Waals surface area contributed by atoms with Gasteiger partial charge in [0.05, 0.1) is 16.7 Å². The first-order valence-electron chi connectivity index (χ1n) is 6.72. The van der Waals surface area contributed by atoms with E-state index < -0.39 is 16.4 Å². The first-order valence-corrected chi connectivity index (χ1v) is 6.72. The third-order valence-electron chi connectivity index (χ3n) is 3.56. The summed E-state index contributed by atoms with van der Waals surface area (Å²) in [6, 6.07) is 1.25. The van der Waals surface area contributed by atoms with E-state index in [4.69, 9.17) is 0 Å². The monoisotopic (exact) mass is 283 g/mol. The molecule has 0 spiro atoms. The van der Waals surface area contributed by atoms with Gasteiger partial charge < -0.3 is 15.0 Å². The topological polar surface area (TPSA) is 97.4 Å². The molecule has 1 aromatic heterocycles. The van der Waals surface area contributed by atoms with E-state index in [9.17, 15) is 20.0 Å². The fourth-order valence-corrected chi connectivity index (χ4v) is 1.88. The number of carbonyl (C=O) groups excluding carboxylic acids is 1. The van der Waals surface area contributed by atoms with Gasteiger partial charge in [-0.05, 0) is 19.8 Å². The van der Waals surface area contributed by atoms with Crippen molar-refractivity contribution in [3.8, 4) is 0 Å². The van der Waals surface area contributed by atoms with E-state index >= 15 is 0 Å². The van der Waals surface area contributed by atoms with Crippen LogP contribution in [0.2, 0.25) is 0 Å². The van der Waals surface area contributed by atoms with E-state index in [2.05, 4.69) is 5.32 Å². The number of aliphatic hydroxyl groups is 1. The smallest absolute Gasteiger partial charge is 0.287 e. The summed E-state index contributed by atoms with van der Waals surface area (Å²) in [6.07, 6.45) is 2.39. The number of amides is 1. The Bertz CT molecular complexity index is 492. The van der Waals surface area contributed by atoms with Crippen molar-refractivity contribution in [3.05, 3.63) is 28.1 Å². The summed E-state index contributed by atoms with van der Waals surface area (Å²) in [5, 5.41) is 23.5. The fraction of sp³-hybridized carbons (Fsp3) is 0.615. The lowest BCUT2D eigenvalue weighted by molar-refractivity contribution is -0.384. The van der Waals surface area contributed by atoms with Gasteiger partial charge in [-0.2, -0.15) is 0 Å². The fourth-order valence-electron chi connectivity index (χ4n) is 1.88. The predicted molar refractivity (Wildman–Crippen MR) is 74.6 cm³/mol. The maximum absolute atomic E-state index is 12.1. The van der Waals surface area contributed by atoms with Crippen molar-refractivity contribution in [1.82, 2.24) is 9.88 Å². The number of aromatic nitrogens is 1. The predicted octanol–water partition coefficient (Wildman–Crippen LogP) is 1.70. The van der Waals surface area contributed by atoms with Crippen LogP contribution in [0.4, 0.5) is 5.69 Å². The highest BCUT2D eigenvalue weighted by Gasteiger charge is 2.25. The standard InChI is InChI=1S/C13H21N3O4/c1-4-13(18,5-2)9-14-12(17)11-7-10(16(19)20)8-15(11)6-3/h7-8,18H,4-6,9H2,1-3H3,(H,14,17). The normalized spacial score (nSPS) is 11.4. The molecule has 7 nitrogen and oxygen atoms in total. The molecule has 0 aliphatic carbocycles. The minimum Gasteiger partial charge on any atom is -0.388 e. The molecule has 0 fully saturated rings. The highest BCUT2D eigenvalue weighted by Crippen LogP contribution is 2.17. The van der Waals surface area contributed by atoms with Crippen LogP contribution in [-0.2, 0) is 6.54 Å². The first kappa shape index (κ1) is 16.2. The second-order valence-electron chi connectivity index (χ2n) is 4.74. The lowest BCUT2D eigenvalue weighted by Crippen LogP contribution is -2.42. The minimum atomic E-state index is -0.939. The molecule has 2 N–H and O–H groups in total. The van der Waals surface area contributed by atoms with Crippen LogP contribution >= 0.6 is 0 Å². The molecule has 0 aliphatic rings. The van der Waals surface area contributed by atoms with Gasteiger partial charge in [-0.1, -0.05) is 13.8 Å². The van der Waals surface area contributed by atoms with Crippen molar-refractivity contribution in [2.75, 3.05) is 6.54 Å².